The molecule has 1 amide bonds. The summed E-state index contributed by atoms with van der Waals surface area (Å²) >= 11 is 0. The fraction of sp³-hybridized carbons (Fsp3) is 0.467. The smallest absolute Gasteiger partial charge is 0.326 e. The molecule has 5 nitrogen and oxygen atoms in total. The minimum Gasteiger partial charge on any atom is -0.493 e. The van der Waals surface area contributed by atoms with Crippen molar-refractivity contribution < 1.29 is 19.4 Å². The molecule has 106 valence electrons. The van der Waals surface area contributed by atoms with Crippen LogP contribution in [-0.2, 0) is 9.59 Å². The topological polar surface area (TPSA) is 66.8 Å². The van der Waals surface area contributed by atoms with Crippen LogP contribution in [0.2, 0.25) is 0 Å². The van der Waals surface area contributed by atoms with Gasteiger partial charge in [-0.3, -0.25) is 4.79 Å². The molecule has 5 heteroatoms. The number of amides is 1. The zero-order valence-corrected chi connectivity index (χ0v) is 11.1. The van der Waals surface area contributed by atoms with Crippen LogP contribution in [0.15, 0.2) is 24.3 Å². The normalized spacial score (nSPS) is 24.9. The van der Waals surface area contributed by atoms with Gasteiger partial charge in [-0.2, -0.15) is 0 Å². The molecule has 0 bridgehead atoms. The van der Waals surface area contributed by atoms with Gasteiger partial charge in [0.1, 0.15) is 11.8 Å². The number of carbonyl (C=O) groups is 2. The number of fused-ring (bicyclic) bond motifs is 1. The molecule has 1 aromatic carbocycles. The van der Waals surface area contributed by atoms with Crippen LogP contribution < -0.4 is 4.74 Å². The Bertz CT molecular complexity index is 542. The molecule has 0 radical (unpaired) electrons. The molecule has 2 heterocycles. The van der Waals surface area contributed by atoms with Gasteiger partial charge < -0.3 is 14.7 Å². The number of benzene rings is 1. The number of carboxylic acid groups (broad SMARTS) is 1. The summed E-state index contributed by atoms with van der Waals surface area (Å²) in [5.41, 5.74) is 0.875. The minimum absolute atomic E-state index is 0.0781. The first kappa shape index (κ1) is 13.0. The van der Waals surface area contributed by atoms with Crippen molar-refractivity contribution in [1.29, 1.82) is 0 Å². The number of carbonyl (C=O) groups excluding carboxylic acids is 1. The number of rotatable bonds is 2. The Labute approximate surface area is 117 Å². The molecule has 1 aromatic rings. The Morgan fingerprint density at radius 1 is 1.25 bits per heavy atom. The summed E-state index contributed by atoms with van der Waals surface area (Å²) in [7, 11) is 0. The highest BCUT2D eigenvalue weighted by molar-refractivity contribution is 5.89. The van der Waals surface area contributed by atoms with Crippen LogP contribution in [-0.4, -0.2) is 41.1 Å². The van der Waals surface area contributed by atoms with Crippen molar-refractivity contribution >= 4 is 11.9 Å². The predicted molar refractivity (Wildman–Crippen MR) is 71.7 cm³/mol. The molecule has 20 heavy (non-hydrogen) atoms. The zero-order chi connectivity index (χ0) is 14.1. The summed E-state index contributed by atoms with van der Waals surface area (Å²) in [6.07, 6.45) is 1.91. The number of aliphatic carboxylic acids is 1. The van der Waals surface area contributed by atoms with Gasteiger partial charge in [-0.25, -0.2) is 4.79 Å². The van der Waals surface area contributed by atoms with E-state index in [-0.39, 0.29) is 11.8 Å². The SMILES string of the molecule is O=C(O)[C@@H]1CCCN1C(=O)[C@H]1CCOc2ccccc21. The average molecular weight is 275 g/mol. The second-order valence-corrected chi connectivity index (χ2v) is 5.26. The summed E-state index contributed by atoms with van der Waals surface area (Å²) in [6.45, 7) is 1.04. The second kappa shape index (κ2) is 5.15. The monoisotopic (exact) mass is 275 g/mol. The van der Waals surface area contributed by atoms with E-state index in [9.17, 15) is 14.7 Å². The molecule has 0 aromatic heterocycles. The van der Waals surface area contributed by atoms with Gasteiger partial charge in [-0.05, 0) is 25.3 Å². The van der Waals surface area contributed by atoms with Gasteiger partial charge in [-0.1, -0.05) is 18.2 Å². The number of hydrogen-bond acceptors (Lipinski definition) is 3. The highest BCUT2D eigenvalue weighted by Gasteiger charge is 2.39. The highest BCUT2D eigenvalue weighted by atomic mass is 16.5. The molecule has 0 spiro atoms. The summed E-state index contributed by atoms with van der Waals surface area (Å²) in [5, 5.41) is 9.21. The third kappa shape index (κ3) is 2.13. The van der Waals surface area contributed by atoms with Crippen molar-refractivity contribution in [2.24, 2.45) is 0 Å². The van der Waals surface area contributed by atoms with Crippen LogP contribution in [0, 0.1) is 0 Å². The summed E-state index contributed by atoms with van der Waals surface area (Å²) in [5.74, 6) is -0.523. The van der Waals surface area contributed by atoms with Crippen molar-refractivity contribution in [2.75, 3.05) is 13.2 Å². The molecular formula is C15H17NO4. The van der Waals surface area contributed by atoms with E-state index in [1.54, 1.807) is 0 Å². The molecule has 0 aliphatic carbocycles. The maximum absolute atomic E-state index is 12.7. The Balaban J connectivity index is 1.87. The molecule has 0 saturated carbocycles. The first-order chi connectivity index (χ1) is 9.68. The molecule has 0 unspecified atom stereocenters. The largest absolute Gasteiger partial charge is 0.493 e. The Hall–Kier alpha value is -2.04. The molecule has 1 N–H and O–H groups in total. The summed E-state index contributed by atoms with van der Waals surface area (Å²) < 4.78 is 5.55. The first-order valence-corrected chi connectivity index (χ1v) is 6.93. The minimum atomic E-state index is -0.906. The maximum Gasteiger partial charge on any atom is 0.326 e. The Morgan fingerprint density at radius 2 is 2.05 bits per heavy atom. The maximum atomic E-state index is 12.7. The average Bonchev–Trinajstić information content (AvgIpc) is 2.95. The first-order valence-electron chi connectivity index (χ1n) is 6.93. The molecule has 2 aliphatic heterocycles. The van der Waals surface area contributed by atoms with Gasteiger partial charge in [0.25, 0.3) is 0 Å². The lowest BCUT2D eigenvalue weighted by Gasteiger charge is -2.30. The van der Waals surface area contributed by atoms with Crippen molar-refractivity contribution in [3.8, 4) is 5.75 Å². The third-order valence-electron chi connectivity index (χ3n) is 4.08. The van der Waals surface area contributed by atoms with Crippen LogP contribution in [0.25, 0.3) is 0 Å². The fourth-order valence-corrected chi connectivity index (χ4v) is 3.09. The number of hydrogen-bond donors (Lipinski definition) is 1. The van der Waals surface area contributed by atoms with Crippen LogP contribution in [0.5, 0.6) is 5.75 Å². The van der Waals surface area contributed by atoms with Gasteiger partial charge in [0, 0.05) is 12.1 Å². The molecule has 1 fully saturated rings. The fourth-order valence-electron chi connectivity index (χ4n) is 3.09. The molecular weight excluding hydrogens is 258 g/mol. The van der Waals surface area contributed by atoms with E-state index in [4.69, 9.17) is 4.74 Å². The van der Waals surface area contributed by atoms with Crippen molar-refractivity contribution in [2.45, 2.75) is 31.2 Å². The van der Waals surface area contributed by atoms with Gasteiger partial charge in [0.05, 0.1) is 12.5 Å². The van der Waals surface area contributed by atoms with E-state index in [1.165, 1.54) is 4.90 Å². The van der Waals surface area contributed by atoms with E-state index in [2.05, 4.69) is 0 Å². The zero-order valence-electron chi connectivity index (χ0n) is 11.1. The standard InChI is InChI=1S/C15H17NO4/c17-14(16-8-3-5-12(16)15(18)19)11-7-9-20-13-6-2-1-4-10(11)13/h1-2,4,6,11-12H,3,5,7-9H2,(H,18,19)/t11-,12-/m0/s1. The van der Waals surface area contributed by atoms with Crippen molar-refractivity contribution in [3.05, 3.63) is 29.8 Å². The van der Waals surface area contributed by atoms with Gasteiger partial charge >= 0.3 is 5.97 Å². The van der Waals surface area contributed by atoms with Gasteiger partial charge in [0.15, 0.2) is 0 Å². The lowest BCUT2D eigenvalue weighted by atomic mass is 9.91. The van der Waals surface area contributed by atoms with Crippen LogP contribution >= 0.6 is 0 Å². The van der Waals surface area contributed by atoms with Crippen LogP contribution in [0.4, 0.5) is 0 Å². The Kier molecular flexibility index (Phi) is 3.34. The van der Waals surface area contributed by atoms with Gasteiger partial charge in [-0.15, -0.1) is 0 Å². The lowest BCUT2D eigenvalue weighted by Crippen LogP contribution is -2.43. The van der Waals surface area contributed by atoms with Crippen LogP contribution in [0.1, 0.15) is 30.7 Å². The molecule has 2 aliphatic rings. The second-order valence-electron chi connectivity index (χ2n) is 5.26. The van der Waals surface area contributed by atoms with E-state index < -0.39 is 12.0 Å². The number of para-hydroxylation sites is 1. The van der Waals surface area contributed by atoms with E-state index in [1.807, 2.05) is 24.3 Å². The lowest BCUT2D eigenvalue weighted by molar-refractivity contribution is -0.149. The number of likely N-dealkylation sites (tertiary alicyclic amines) is 1. The quantitative estimate of drug-likeness (QED) is 0.890. The summed E-state index contributed by atoms with van der Waals surface area (Å²) in [4.78, 5) is 25.4. The van der Waals surface area contributed by atoms with E-state index in [0.717, 1.165) is 17.7 Å². The van der Waals surface area contributed by atoms with Crippen LogP contribution in [0.3, 0.4) is 0 Å². The summed E-state index contributed by atoms with van der Waals surface area (Å²) in [6, 6.07) is 6.84. The Morgan fingerprint density at radius 3 is 2.85 bits per heavy atom. The number of carboxylic acids is 1. The van der Waals surface area contributed by atoms with Crippen molar-refractivity contribution in [1.82, 2.24) is 4.90 Å². The molecule has 2 atom stereocenters. The van der Waals surface area contributed by atoms with E-state index in [0.29, 0.717) is 26.0 Å². The third-order valence-corrected chi connectivity index (χ3v) is 4.08. The van der Waals surface area contributed by atoms with E-state index >= 15 is 0 Å². The van der Waals surface area contributed by atoms with Crippen molar-refractivity contribution in [3.63, 3.8) is 0 Å². The van der Waals surface area contributed by atoms with Gasteiger partial charge in [0.2, 0.25) is 5.91 Å². The molecule has 1 saturated heterocycles. The highest BCUT2D eigenvalue weighted by Crippen LogP contribution is 2.36. The number of ether oxygens (including phenoxy) is 1. The number of nitrogens with zero attached hydrogens (tertiary/aromatic N) is 1. The molecule has 3 rings (SSSR count). The predicted octanol–water partition coefficient (Wildman–Crippen LogP) is 1.63.